The highest BCUT2D eigenvalue weighted by atomic mass is 19.4. The minimum atomic E-state index is -4.71. The molecule has 1 fully saturated rings. The number of benzene rings is 1. The number of nitro groups is 1. The number of hydrogen-bond donors (Lipinski definition) is 3. The molecule has 2 rings (SSSR count). The number of nitrogens with one attached hydrogen (secondary N) is 3. The van der Waals surface area contributed by atoms with E-state index in [1.165, 1.54) is 0 Å². The summed E-state index contributed by atoms with van der Waals surface area (Å²) in [5, 5.41) is 18.2. The molecular formula is C14H15F5N4O3. The lowest BCUT2D eigenvalue weighted by Gasteiger charge is -2.13. The summed E-state index contributed by atoms with van der Waals surface area (Å²) in [6, 6.07) is 0.983. The van der Waals surface area contributed by atoms with Gasteiger partial charge in [0.15, 0.2) is 0 Å². The van der Waals surface area contributed by atoms with E-state index in [2.05, 4.69) is 16.0 Å². The number of amides is 1. The fourth-order valence-electron chi connectivity index (χ4n) is 2.42. The third kappa shape index (κ3) is 5.00. The van der Waals surface area contributed by atoms with Gasteiger partial charge in [-0.25, -0.2) is 8.78 Å². The zero-order valence-corrected chi connectivity index (χ0v) is 13.2. The Bertz CT molecular complexity index is 696. The van der Waals surface area contributed by atoms with Crippen molar-refractivity contribution in [3.05, 3.63) is 33.9 Å². The van der Waals surface area contributed by atoms with Gasteiger partial charge in [0.25, 0.3) is 11.6 Å². The monoisotopic (exact) mass is 382 g/mol. The Balaban J connectivity index is 1.89. The average molecular weight is 382 g/mol. The summed E-state index contributed by atoms with van der Waals surface area (Å²) < 4.78 is 63.8. The zero-order valence-electron chi connectivity index (χ0n) is 13.2. The molecule has 7 nitrogen and oxygen atoms in total. The van der Waals surface area contributed by atoms with Gasteiger partial charge in [-0.05, 0) is 12.1 Å². The second kappa shape index (κ2) is 7.40. The van der Waals surface area contributed by atoms with Crippen molar-refractivity contribution in [2.24, 2.45) is 0 Å². The molecule has 1 aromatic carbocycles. The van der Waals surface area contributed by atoms with Gasteiger partial charge in [0, 0.05) is 25.6 Å². The van der Waals surface area contributed by atoms with Crippen LogP contribution >= 0.6 is 0 Å². The van der Waals surface area contributed by atoms with E-state index in [9.17, 15) is 36.9 Å². The van der Waals surface area contributed by atoms with Crippen LogP contribution in [0.1, 0.15) is 12.0 Å². The van der Waals surface area contributed by atoms with Crippen molar-refractivity contribution in [1.29, 1.82) is 0 Å². The van der Waals surface area contributed by atoms with Gasteiger partial charge in [-0.2, -0.15) is 13.2 Å². The Labute approximate surface area is 144 Å². The molecule has 1 aliphatic heterocycles. The topological polar surface area (TPSA) is 96.3 Å². The molecule has 1 amide bonds. The Kier molecular flexibility index (Phi) is 5.64. The highest BCUT2D eigenvalue weighted by Gasteiger charge is 2.42. The first-order chi connectivity index (χ1) is 12.0. The van der Waals surface area contributed by atoms with Gasteiger partial charge in [0.2, 0.25) is 5.91 Å². The fourth-order valence-corrected chi connectivity index (χ4v) is 2.42. The first-order valence-corrected chi connectivity index (χ1v) is 7.48. The van der Waals surface area contributed by atoms with Gasteiger partial charge in [0.05, 0.1) is 23.1 Å². The second-order valence-corrected chi connectivity index (χ2v) is 5.70. The van der Waals surface area contributed by atoms with Crippen LogP contribution in [0.4, 0.5) is 33.3 Å². The van der Waals surface area contributed by atoms with Crippen molar-refractivity contribution in [3.8, 4) is 0 Å². The van der Waals surface area contributed by atoms with Gasteiger partial charge in [0.1, 0.15) is 5.69 Å². The lowest BCUT2D eigenvalue weighted by molar-refractivity contribution is -0.384. The number of rotatable bonds is 6. The maximum Gasteiger partial charge on any atom is 0.416 e. The lowest BCUT2D eigenvalue weighted by atomic mass is 10.1. The number of nitrogens with zero attached hydrogens (tertiary/aromatic N) is 1. The van der Waals surface area contributed by atoms with E-state index in [0.29, 0.717) is 12.1 Å². The molecule has 1 atom stereocenters. The van der Waals surface area contributed by atoms with E-state index in [0.717, 1.165) is 6.07 Å². The molecule has 1 heterocycles. The van der Waals surface area contributed by atoms with E-state index in [1.54, 1.807) is 0 Å². The molecule has 1 aliphatic rings. The largest absolute Gasteiger partial charge is 0.416 e. The highest BCUT2D eigenvalue weighted by molar-refractivity contribution is 5.82. The molecule has 144 valence electrons. The van der Waals surface area contributed by atoms with Gasteiger partial charge in [-0.3, -0.25) is 20.2 Å². The van der Waals surface area contributed by atoms with Gasteiger partial charge in [-0.15, -0.1) is 0 Å². The van der Waals surface area contributed by atoms with Crippen molar-refractivity contribution < 1.29 is 31.7 Å². The van der Waals surface area contributed by atoms with E-state index in [-0.39, 0.29) is 18.8 Å². The quantitative estimate of drug-likeness (QED) is 0.303. The van der Waals surface area contributed by atoms with Gasteiger partial charge < -0.3 is 10.6 Å². The second-order valence-electron chi connectivity index (χ2n) is 5.70. The molecule has 1 aromatic rings. The SMILES string of the molecule is O=C(NCCNc1ccc(C(F)(F)F)cc1[N+](=O)[O-])C1CC(F)(F)CN1. The van der Waals surface area contributed by atoms with Crippen LogP contribution in [0.25, 0.3) is 0 Å². The molecule has 0 saturated carbocycles. The maximum absolute atomic E-state index is 13.0. The van der Waals surface area contributed by atoms with Crippen molar-refractivity contribution in [3.63, 3.8) is 0 Å². The number of anilines is 1. The highest BCUT2D eigenvalue weighted by Crippen LogP contribution is 2.34. The average Bonchev–Trinajstić information content (AvgIpc) is 2.90. The first-order valence-electron chi connectivity index (χ1n) is 7.48. The van der Waals surface area contributed by atoms with E-state index < -0.39 is 53.2 Å². The van der Waals surface area contributed by atoms with Gasteiger partial charge in [-0.1, -0.05) is 0 Å². The van der Waals surface area contributed by atoms with E-state index in [1.807, 2.05) is 0 Å². The van der Waals surface area contributed by atoms with Crippen LogP contribution in [-0.2, 0) is 11.0 Å². The van der Waals surface area contributed by atoms with E-state index >= 15 is 0 Å². The van der Waals surface area contributed by atoms with Crippen LogP contribution in [0, 0.1) is 10.1 Å². The predicted octanol–water partition coefficient (Wildman–Crippen LogP) is 2.14. The molecular weight excluding hydrogens is 367 g/mol. The Morgan fingerprint density at radius 1 is 1.35 bits per heavy atom. The smallest absolute Gasteiger partial charge is 0.378 e. The summed E-state index contributed by atoms with van der Waals surface area (Å²) in [4.78, 5) is 21.7. The third-order valence-corrected chi connectivity index (χ3v) is 3.69. The summed E-state index contributed by atoms with van der Waals surface area (Å²) >= 11 is 0. The molecule has 26 heavy (non-hydrogen) atoms. The van der Waals surface area contributed by atoms with E-state index in [4.69, 9.17) is 0 Å². The van der Waals surface area contributed by atoms with Crippen LogP contribution in [0.2, 0.25) is 0 Å². The van der Waals surface area contributed by atoms with Crippen LogP contribution in [0.15, 0.2) is 18.2 Å². The molecule has 0 spiro atoms. The number of nitro benzene ring substituents is 1. The number of carbonyl (C=O) groups excluding carboxylic acids is 1. The number of hydrogen-bond acceptors (Lipinski definition) is 5. The molecule has 1 saturated heterocycles. The van der Waals surface area contributed by atoms with Crippen molar-refractivity contribution in [1.82, 2.24) is 10.6 Å². The number of carbonyl (C=O) groups is 1. The number of alkyl halides is 5. The molecule has 0 bridgehead atoms. The zero-order chi connectivity index (χ0) is 19.5. The summed E-state index contributed by atoms with van der Waals surface area (Å²) in [5.41, 5.74) is -2.07. The Morgan fingerprint density at radius 2 is 2.04 bits per heavy atom. The fraction of sp³-hybridized carbons (Fsp3) is 0.500. The van der Waals surface area contributed by atoms with Crippen molar-refractivity contribution >= 4 is 17.3 Å². The number of halogens is 5. The predicted molar refractivity (Wildman–Crippen MR) is 81.0 cm³/mol. The van der Waals surface area contributed by atoms with Crippen LogP contribution in [0.5, 0.6) is 0 Å². The molecule has 0 aliphatic carbocycles. The van der Waals surface area contributed by atoms with Crippen molar-refractivity contribution in [2.45, 2.75) is 24.6 Å². The molecule has 0 radical (unpaired) electrons. The Morgan fingerprint density at radius 3 is 2.58 bits per heavy atom. The molecule has 1 unspecified atom stereocenters. The molecule has 0 aromatic heterocycles. The third-order valence-electron chi connectivity index (χ3n) is 3.69. The Hall–Kier alpha value is -2.50. The first kappa shape index (κ1) is 19.8. The lowest BCUT2D eigenvalue weighted by Crippen LogP contribution is -2.42. The summed E-state index contributed by atoms with van der Waals surface area (Å²) in [6.45, 7) is -0.692. The summed E-state index contributed by atoms with van der Waals surface area (Å²) in [7, 11) is 0. The maximum atomic E-state index is 13.0. The van der Waals surface area contributed by atoms with Crippen LogP contribution in [-0.4, -0.2) is 42.4 Å². The standard InChI is InChI=1S/C14H15F5N4O3/c15-13(16)6-10(22-7-13)12(24)21-4-3-20-9-2-1-8(14(17,18)19)5-11(9)23(25)26/h1-2,5,10,20,22H,3-4,6-7H2,(H,21,24). The van der Waals surface area contributed by atoms with Crippen molar-refractivity contribution in [2.75, 3.05) is 25.0 Å². The normalized spacial score (nSPS) is 19.2. The van der Waals surface area contributed by atoms with Crippen LogP contribution < -0.4 is 16.0 Å². The summed E-state index contributed by atoms with van der Waals surface area (Å²) in [5.74, 6) is -3.60. The summed E-state index contributed by atoms with van der Waals surface area (Å²) in [6.07, 6.45) is -5.34. The van der Waals surface area contributed by atoms with Crippen LogP contribution in [0.3, 0.4) is 0 Å². The molecule has 3 N–H and O–H groups in total. The van der Waals surface area contributed by atoms with Gasteiger partial charge >= 0.3 is 6.18 Å². The minimum Gasteiger partial charge on any atom is -0.378 e. The molecule has 12 heteroatoms. The minimum absolute atomic E-state index is 0.0406.